The third-order valence-electron chi connectivity index (χ3n) is 5.42. The highest BCUT2D eigenvalue weighted by Gasteiger charge is 2.51. The third kappa shape index (κ3) is 2.92. The van der Waals surface area contributed by atoms with Crippen LogP contribution in [0.5, 0.6) is 0 Å². The van der Waals surface area contributed by atoms with Crippen LogP contribution in [0.4, 0.5) is 0 Å². The Morgan fingerprint density at radius 1 is 1.48 bits per heavy atom. The Balaban J connectivity index is 1.96. The molecule has 3 rings (SSSR count). The molecule has 2 fully saturated rings. The predicted octanol–water partition coefficient (Wildman–Crippen LogP) is 1.13. The molecule has 0 aromatic heterocycles. The zero-order valence-corrected chi connectivity index (χ0v) is 14.5. The first-order chi connectivity index (χ1) is 11.7. The van der Waals surface area contributed by atoms with E-state index in [-0.39, 0.29) is 30.7 Å². The molecule has 136 valence electrons. The monoisotopic (exact) mass is 349 g/mol. The van der Waals surface area contributed by atoms with Gasteiger partial charge in [0.1, 0.15) is 6.61 Å². The number of hydrogen-bond donors (Lipinski definition) is 1. The summed E-state index contributed by atoms with van der Waals surface area (Å²) >= 11 is 0. The van der Waals surface area contributed by atoms with E-state index in [2.05, 4.69) is 6.58 Å². The van der Waals surface area contributed by atoms with E-state index in [4.69, 9.17) is 9.47 Å². The fourth-order valence-corrected chi connectivity index (χ4v) is 3.69. The summed E-state index contributed by atoms with van der Waals surface area (Å²) in [5.74, 6) is -1.38. The van der Waals surface area contributed by atoms with Gasteiger partial charge in [-0.1, -0.05) is 12.7 Å². The Bertz CT molecular complexity index is 692. The lowest BCUT2D eigenvalue weighted by Crippen LogP contribution is -2.48. The Morgan fingerprint density at radius 2 is 2.20 bits per heavy atom. The van der Waals surface area contributed by atoms with E-state index in [1.165, 1.54) is 6.92 Å². The molecule has 1 N–H and O–H groups in total. The van der Waals surface area contributed by atoms with Gasteiger partial charge in [-0.25, -0.2) is 9.59 Å². The molecular weight excluding hydrogens is 326 g/mol. The van der Waals surface area contributed by atoms with Crippen LogP contribution in [-0.2, 0) is 19.1 Å². The lowest BCUT2D eigenvalue weighted by Gasteiger charge is -2.40. The molecule has 0 amide bonds. The van der Waals surface area contributed by atoms with Crippen LogP contribution in [0.2, 0.25) is 0 Å². The van der Waals surface area contributed by atoms with Crippen molar-refractivity contribution in [2.45, 2.75) is 44.4 Å². The minimum absolute atomic E-state index is 0.00507. The highest BCUT2D eigenvalue weighted by atomic mass is 16.6. The van der Waals surface area contributed by atoms with Gasteiger partial charge in [0.2, 0.25) is 0 Å². The van der Waals surface area contributed by atoms with Crippen molar-refractivity contribution in [1.29, 1.82) is 0 Å². The summed E-state index contributed by atoms with van der Waals surface area (Å²) in [4.78, 5) is 24.8. The molecule has 3 aliphatic rings. The standard InChI is InChI=1S/C18H23NO6/c1-4-12-9-11(2)18(3,22)17(21)24-10-13-5-7-19(23)8-6-14(15(13)19)25-16(12)20/h4-5,14-15,22H,2,6-10H2,1,3H3. The van der Waals surface area contributed by atoms with Gasteiger partial charge in [0.25, 0.3) is 0 Å². The molecule has 0 spiro atoms. The highest BCUT2D eigenvalue weighted by Crippen LogP contribution is 2.39. The van der Waals surface area contributed by atoms with Crippen LogP contribution in [-0.4, -0.2) is 59.1 Å². The third-order valence-corrected chi connectivity index (χ3v) is 5.42. The number of esters is 2. The van der Waals surface area contributed by atoms with Crippen molar-refractivity contribution in [2.24, 2.45) is 0 Å². The molecular formula is C18H23NO6. The summed E-state index contributed by atoms with van der Waals surface area (Å²) < 4.78 is 10.4. The largest absolute Gasteiger partial charge is 0.632 e. The van der Waals surface area contributed by atoms with E-state index in [0.717, 1.165) is 0 Å². The molecule has 0 radical (unpaired) electrons. The minimum Gasteiger partial charge on any atom is -0.632 e. The average Bonchev–Trinajstić information content (AvgIpc) is 3.05. The van der Waals surface area contributed by atoms with E-state index >= 15 is 0 Å². The zero-order valence-electron chi connectivity index (χ0n) is 14.5. The lowest BCUT2D eigenvalue weighted by atomic mass is 9.91. The summed E-state index contributed by atoms with van der Waals surface area (Å²) in [5, 5.41) is 23.4. The smallest absolute Gasteiger partial charge is 0.342 e. The van der Waals surface area contributed by atoms with E-state index in [1.54, 1.807) is 19.1 Å². The molecule has 0 aromatic rings. The number of quaternary nitrogens is 1. The average molecular weight is 349 g/mol. The van der Waals surface area contributed by atoms with E-state index < -0.39 is 34.3 Å². The number of ether oxygens (including phenoxy) is 2. The van der Waals surface area contributed by atoms with Gasteiger partial charge in [0.05, 0.1) is 13.1 Å². The number of hydroxylamine groups is 3. The van der Waals surface area contributed by atoms with Gasteiger partial charge in [-0.05, 0) is 25.5 Å². The fraction of sp³-hybridized carbons (Fsp3) is 0.556. The van der Waals surface area contributed by atoms with Gasteiger partial charge in [-0.2, -0.15) is 0 Å². The normalized spacial score (nSPS) is 40.7. The molecule has 7 heteroatoms. The van der Waals surface area contributed by atoms with Crippen LogP contribution < -0.4 is 0 Å². The SMILES string of the molecule is C=C1CC(=CC)C(=O)OC2CC[N+]3([O-])CC=C(COC(=O)C1(C)O)C23. The molecule has 4 unspecified atom stereocenters. The molecule has 2 saturated heterocycles. The van der Waals surface area contributed by atoms with Gasteiger partial charge < -0.3 is 24.4 Å². The Kier molecular flexibility index (Phi) is 4.35. The van der Waals surface area contributed by atoms with Gasteiger partial charge in [-0.15, -0.1) is 0 Å². The van der Waals surface area contributed by atoms with Crippen LogP contribution in [0.3, 0.4) is 0 Å². The molecule has 4 atom stereocenters. The van der Waals surface area contributed by atoms with Crippen LogP contribution in [0.1, 0.15) is 26.7 Å². The van der Waals surface area contributed by atoms with Crippen molar-refractivity contribution >= 4 is 11.9 Å². The number of cyclic esters (lactones) is 1. The summed E-state index contributed by atoms with van der Waals surface area (Å²) in [6.45, 7) is 7.22. The lowest BCUT2D eigenvalue weighted by molar-refractivity contribution is -0.877. The van der Waals surface area contributed by atoms with Gasteiger partial charge >= 0.3 is 11.9 Å². The number of hydrogen-bond acceptors (Lipinski definition) is 6. The van der Waals surface area contributed by atoms with Crippen molar-refractivity contribution in [3.63, 3.8) is 0 Å². The van der Waals surface area contributed by atoms with Crippen LogP contribution in [0.15, 0.2) is 35.5 Å². The molecule has 25 heavy (non-hydrogen) atoms. The zero-order chi connectivity index (χ0) is 18.4. The first-order valence-electron chi connectivity index (χ1n) is 8.40. The van der Waals surface area contributed by atoms with Crippen molar-refractivity contribution < 1.29 is 28.8 Å². The molecule has 0 bridgehead atoms. The Labute approximate surface area is 146 Å². The second-order valence-corrected chi connectivity index (χ2v) is 7.06. The van der Waals surface area contributed by atoms with Crippen LogP contribution >= 0.6 is 0 Å². The second kappa shape index (κ2) is 6.09. The molecule has 7 nitrogen and oxygen atoms in total. The summed E-state index contributed by atoms with van der Waals surface area (Å²) in [5.41, 5.74) is -0.841. The summed E-state index contributed by atoms with van der Waals surface area (Å²) in [6, 6.07) is -0.553. The van der Waals surface area contributed by atoms with Crippen molar-refractivity contribution in [3.8, 4) is 0 Å². The van der Waals surface area contributed by atoms with Gasteiger partial charge in [0, 0.05) is 24.0 Å². The van der Waals surface area contributed by atoms with Crippen molar-refractivity contribution in [3.05, 3.63) is 40.7 Å². The number of nitrogens with zero attached hydrogens (tertiary/aromatic N) is 1. The first-order valence-corrected chi connectivity index (χ1v) is 8.40. The van der Waals surface area contributed by atoms with Crippen LogP contribution in [0.25, 0.3) is 0 Å². The van der Waals surface area contributed by atoms with Crippen molar-refractivity contribution in [2.75, 3.05) is 19.7 Å². The number of aliphatic hydroxyl groups is 1. The Morgan fingerprint density at radius 3 is 2.88 bits per heavy atom. The van der Waals surface area contributed by atoms with E-state index in [9.17, 15) is 19.9 Å². The van der Waals surface area contributed by atoms with Gasteiger partial charge in [0.15, 0.2) is 17.7 Å². The molecule has 0 saturated carbocycles. The maximum atomic E-state index is 12.9. The molecule has 0 aliphatic carbocycles. The molecule has 0 aromatic carbocycles. The van der Waals surface area contributed by atoms with E-state index in [1.807, 2.05) is 0 Å². The van der Waals surface area contributed by atoms with Crippen molar-refractivity contribution in [1.82, 2.24) is 0 Å². The summed E-state index contributed by atoms with van der Waals surface area (Å²) in [7, 11) is 0. The van der Waals surface area contributed by atoms with Gasteiger partial charge in [-0.3, -0.25) is 0 Å². The number of carbonyl (C=O) groups is 2. The molecule has 3 aliphatic heterocycles. The quantitative estimate of drug-likeness (QED) is 0.231. The topological polar surface area (TPSA) is 95.9 Å². The highest BCUT2D eigenvalue weighted by molar-refractivity contribution is 5.90. The predicted molar refractivity (Wildman–Crippen MR) is 88.8 cm³/mol. The Hall–Kier alpha value is -1.96. The first kappa shape index (κ1) is 17.8. The molecule has 3 heterocycles. The number of allylic oxidation sites excluding steroid dienone is 1. The number of rotatable bonds is 0. The number of carbonyl (C=O) groups excluding carboxylic acids is 2. The van der Waals surface area contributed by atoms with E-state index in [0.29, 0.717) is 18.5 Å². The minimum atomic E-state index is -1.93. The fourth-order valence-electron chi connectivity index (χ4n) is 3.69. The maximum Gasteiger partial charge on any atom is 0.342 e. The maximum absolute atomic E-state index is 12.9. The summed E-state index contributed by atoms with van der Waals surface area (Å²) in [6.07, 6.45) is 3.24. The second-order valence-electron chi connectivity index (χ2n) is 7.06. The van der Waals surface area contributed by atoms with Crippen LogP contribution in [0, 0.1) is 5.21 Å².